The first-order valence-corrected chi connectivity index (χ1v) is 13.1. The van der Waals surface area contributed by atoms with Crippen molar-refractivity contribution in [2.75, 3.05) is 5.75 Å². The number of benzene rings is 1. The second-order valence-electron chi connectivity index (χ2n) is 8.90. The maximum atomic E-state index is 13.3. The molecule has 1 amide bonds. The molecule has 0 saturated heterocycles. The van der Waals surface area contributed by atoms with Gasteiger partial charge in [-0.25, -0.2) is 0 Å². The van der Waals surface area contributed by atoms with E-state index in [0.717, 1.165) is 29.4 Å². The van der Waals surface area contributed by atoms with Gasteiger partial charge in [-0.1, -0.05) is 68.5 Å². The SMILES string of the molecule is O=C(CCCCSc1nnnn1-c1ccccc1)N(C1CCCCC1)C1CCCCC1. The molecule has 2 saturated carbocycles. The highest BCUT2D eigenvalue weighted by atomic mass is 32.2. The van der Waals surface area contributed by atoms with E-state index in [1.807, 2.05) is 30.3 Å². The Bertz CT molecular complexity index is 781. The van der Waals surface area contributed by atoms with Gasteiger partial charge in [0.2, 0.25) is 11.1 Å². The van der Waals surface area contributed by atoms with E-state index in [1.165, 1.54) is 64.2 Å². The van der Waals surface area contributed by atoms with Crippen molar-refractivity contribution in [3.63, 3.8) is 0 Å². The summed E-state index contributed by atoms with van der Waals surface area (Å²) in [6, 6.07) is 11.0. The first-order valence-electron chi connectivity index (χ1n) is 12.1. The van der Waals surface area contributed by atoms with Gasteiger partial charge in [0.1, 0.15) is 0 Å². The number of hydrogen-bond donors (Lipinski definition) is 0. The highest BCUT2D eigenvalue weighted by molar-refractivity contribution is 7.99. The van der Waals surface area contributed by atoms with E-state index in [1.54, 1.807) is 16.4 Å². The number of thioether (sulfide) groups is 1. The van der Waals surface area contributed by atoms with Gasteiger partial charge < -0.3 is 4.90 Å². The average molecular weight is 442 g/mol. The number of amides is 1. The molecule has 0 N–H and O–H groups in total. The van der Waals surface area contributed by atoms with E-state index in [9.17, 15) is 4.79 Å². The molecule has 0 spiro atoms. The highest BCUT2D eigenvalue weighted by Gasteiger charge is 2.31. The Balaban J connectivity index is 1.25. The van der Waals surface area contributed by atoms with Crippen molar-refractivity contribution in [2.45, 2.75) is 101 Å². The van der Waals surface area contributed by atoms with Crippen LogP contribution in [-0.4, -0.2) is 48.9 Å². The zero-order valence-electron chi connectivity index (χ0n) is 18.5. The van der Waals surface area contributed by atoms with E-state index >= 15 is 0 Å². The lowest BCUT2D eigenvalue weighted by molar-refractivity contribution is -0.138. The van der Waals surface area contributed by atoms with E-state index in [2.05, 4.69) is 20.4 Å². The molecular formula is C24H35N5OS. The highest BCUT2D eigenvalue weighted by Crippen LogP contribution is 2.31. The summed E-state index contributed by atoms with van der Waals surface area (Å²) in [4.78, 5) is 15.6. The first-order chi connectivity index (χ1) is 15.3. The summed E-state index contributed by atoms with van der Waals surface area (Å²) in [5.74, 6) is 1.32. The minimum absolute atomic E-state index is 0.401. The Labute approximate surface area is 190 Å². The summed E-state index contributed by atoms with van der Waals surface area (Å²) >= 11 is 1.67. The summed E-state index contributed by atoms with van der Waals surface area (Å²) in [6.45, 7) is 0. The number of unbranched alkanes of at least 4 members (excludes halogenated alkanes) is 1. The van der Waals surface area contributed by atoms with Gasteiger partial charge in [0.05, 0.1) is 5.69 Å². The van der Waals surface area contributed by atoms with Crippen LogP contribution in [0.5, 0.6) is 0 Å². The lowest BCUT2D eigenvalue weighted by Gasteiger charge is -2.42. The number of aromatic nitrogens is 4. The Hall–Kier alpha value is -1.89. The molecule has 0 bridgehead atoms. The molecule has 2 aromatic rings. The number of carbonyl (C=O) groups excluding carboxylic acids is 1. The number of hydrogen-bond acceptors (Lipinski definition) is 5. The van der Waals surface area contributed by atoms with Crippen LogP contribution in [0.25, 0.3) is 5.69 Å². The molecule has 2 aliphatic rings. The Morgan fingerprint density at radius 3 is 2.23 bits per heavy atom. The number of tetrazole rings is 1. The Morgan fingerprint density at radius 1 is 0.935 bits per heavy atom. The van der Waals surface area contributed by atoms with Gasteiger partial charge in [-0.3, -0.25) is 4.79 Å². The molecule has 0 unspecified atom stereocenters. The molecule has 1 heterocycles. The van der Waals surface area contributed by atoms with Gasteiger partial charge in [0.15, 0.2) is 0 Å². The number of carbonyl (C=O) groups is 1. The molecule has 2 fully saturated rings. The topological polar surface area (TPSA) is 63.9 Å². The second kappa shape index (κ2) is 11.7. The van der Waals surface area contributed by atoms with Gasteiger partial charge in [-0.2, -0.15) is 4.68 Å². The summed E-state index contributed by atoms with van der Waals surface area (Å²) < 4.78 is 1.78. The third kappa shape index (κ3) is 6.09. The van der Waals surface area contributed by atoms with Crippen molar-refractivity contribution in [1.29, 1.82) is 0 Å². The molecule has 1 aromatic carbocycles. The zero-order valence-corrected chi connectivity index (χ0v) is 19.3. The van der Waals surface area contributed by atoms with Gasteiger partial charge in [-0.15, -0.1) is 5.10 Å². The van der Waals surface area contributed by atoms with Crippen molar-refractivity contribution in [2.24, 2.45) is 0 Å². The van der Waals surface area contributed by atoms with Gasteiger partial charge >= 0.3 is 0 Å². The minimum atomic E-state index is 0.401. The van der Waals surface area contributed by atoms with Crippen LogP contribution in [-0.2, 0) is 4.79 Å². The van der Waals surface area contributed by atoms with Crippen LogP contribution in [0.2, 0.25) is 0 Å². The average Bonchev–Trinajstić information content (AvgIpc) is 3.30. The number of para-hydroxylation sites is 1. The largest absolute Gasteiger partial charge is 0.337 e. The fraction of sp³-hybridized carbons (Fsp3) is 0.667. The van der Waals surface area contributed by atoms with Gasteiger partial charge in [-0.05, 0) is 61.1 Å². The molecule has 7 heteroatoms. The molecule has 0 radical (unpaired) electrons. The molecule has 2 aliphatic carbocycles. The van der Waals surface area contributed by atoms with Crippen LogP contribution in [0, 0.1) is 0 Å². The van der Waals surface area contributed by atoms with Crippen LogP contribution < -0.4 is 0 Å². The van der Waals surface area contributed by atoms with Crippen LogP contribution >= 0.6 is 11.8 Å². The first kappa shape index (κ1) is 22.3. The normalized spacial score (nSPS) is 18.2. The molecule has 168 valence electrons. The standard InChI is InChI=1S/C24H35N5OS/c30-23(28(20-12-4-1-5-13-20)21-14-6-2-7-15-21)18-10-11-19-31-24-25-26-27-29(24)22-16-8-3-9-17-22/h3,8-9,16-17,20-21H,1-2,4-7,10-15,18-19H2. The van der Waals surface area contributed by atoms with Crippen molar-refractivity contribution >= 4 is 17.7 Å². The zero-order chi connectivity index (χ0) is 21.3. The fourth-order valence-corrected chi connectivity index (χ4v) is 5.98. The molecule has 6 nitrogen and oxygen atoms in total. The van der Waals surface area contributed by atoms with E-state index in [-0.39, 0.29) is 0 Å². The van der Waals surface area contributed by atoms with Gasteiger partial charge in [0.25, 0.3) is 0 Å². The van der Waals surface area contributed by atoms with Gasteiger partial charge in [0, 0.05) is 24.3 Å². The summed E-state index contributed by atoms with van der Waals surface area (Å²) in [6.07, 6.45) is 15.3. The second-order valence-corrected chi connectivity index (χ2v) is 9.96. The van der Waals surface area contributed by atoms with Crippen molar-refractivity contribution in [1.82, 2.24) is 25.1 Å². The van der Waals surface area contributed by atoms with Crippen LogP contribution in [0.1, 0.15) is 83.5 Å². The van der Waals surface area contributed by atoms with Crippen LogP contribution in [0.4, 0.5) is 0 Å². The van der Waals surface area contributed by atoms with Crippen LogP contribution in [0.3, 0.4) is 0 Å². The Morgan fingerprint density at radius 2 is 1.58 bits per heavy atom. The van der Waals surface area contributed by atoms with Crippen molar-refractivity contribution in [3.8, 4) is 5.69 Å². The maximum Gasteiger partial charge on any atom is 0.223 e. The molecule has 0 aliphatic heterocycles. The third-order valence-electron chi connectivity index (χ3n) is 6.68. The number of rotatable bonds is 9. The van der Waals surface area contributed by atoms with E-state index in [4.69, 9.17) is 0 Å². The third-order valence-corrected chi connectivity index (χ3v) is 7.69. The monoisotopic (exact) mass is 441 g/mol. The molecular weight excluding hydrogens is 406 g/mol. The van der Waals surface area contributed by atoms with E-state index < -0.39 is 0 Å². The lowest BCUT2D eigenvalue weighted by Crippen LogP contribution is -2.48. The lowest BCUT2D eigenvalue weighted by atomic mass is 9.88. The van der Waals surface area contributed by atoms with E-state index in [0.29, 0.717) is 24.4 Å². The predicted octanol–water partition coefficient (Wildman–Crippen LogP) is 5.42. The smallest absolute Gasteiger partial charge is 0.223 e. The quantitative estimate of drug-likeness (QED) is 0.384. The fourth-order valence-electron chi connectivity index (χ4n) is 5.09. The summed E-state index contributed by atoms with van der Waals surface area (Å²) in [5, 5.41) is 12.9. The Kier molecular flexibility index (Phi) is 8.38. The van der Waals surface area contributed by atoms with Crippen molar-refractivity contribution in [3.05, 3.63) is 30.3 Å². The summed E-state index contributed by atoms with van der Waals surface area (Å²) in [5.41, 5.74) is 0.973. The predicted molar refractivity (Wildman–Crippen MR) is 124 cm³/mol. The molecule has 0 atom stereocenters. The number of nitrogens with zero attached hydrogens (tertiary/aromatic N) is 5. The molecule has 4 rings (SSSR count). The van der Waals surface area contributed by atoms with Crippen LogP contribution in [0.15, 0.2) is 35.5 Å². The minimum Gasteiger partial charge on any atom is -0.337 e. The van der Waals surface area contributed by atoms with Crippen molar-refractivity contribution < 1.29 is 4.79 Å². The molecule has 1 aromatic heterocycles. The summed E-state index contributed by atoms with van der Waals surface area (Å²) in [7, 11) is 0. The maximum absolute atomic E-state index is 13.3. The molecule has 31 heavy (non-hydrogen) atoms.